The molecule has 0 spiro atoms. The third kappa shape index (κ3) is 2.63. The molecule has 27 heavy (non-hydrogen) atoms. The fourth-order valence-corrected chi connectivity index (χ4v) is 4.36. The molecular formula is C19H18N8. The second-order valence-electron chi connectivity index (χ2n) is 7.35. The molecule has 4 aromatic heterocycles. The van der Waals surface area contributed by atoms with Gasteiger partial charge in [0.2, 0.25) is 0 Å². The monoisotopic (exact) mass is 358 g/mol. The molecule has 8 nitrogen and oxygen atoms in total. The summed E-state index contributed by atoms with van der Waals surface area (Å²) in [6.07, 6.45) is 9.95. The molecule has 1 fully saturated rings. The summed E-state index contributed by atoms with van der Waals surface area (Å²) in [6, 6.07) is 4.03. The first kappa shape index (κ1) is 15.9. The molecule has 1 aliphatic carbocycles. The van der Waals surface area contributed by atoms with Crippen molar-refractivity contribution in [3.8, 4) is 6.07 Å². The molecule has 4 heterocycles. The Hall–Kier alpha value is -3.34. The Bertz CT molecular complexity index is 1150. The highest BCUT2D eigenvalue weighted by Crippen LogP contribution is 2.43. The lowest BCUT2D eigenvalue weighted by molar-refractivity contribution is 0.498. The highest BCUT2D eigenvalue weighted by molar-refractivity contribution is 5.74. The second-order valence-corrected chi connectivity index (χ2v) is 7.35. The van der Waals surface area contributed by atoms with E-state index in [1.807, 2.05) is 18.3 Å². The summed E-state index contributed by atoms with van der Waals surface area (Å²) in [5, 5.41) is 17.7. The molecule has 3 atom stereocenters. The van der Waals surface area contributed by atoms with Crippen LogP contribution < -0.4 is 0 Å². The lowest BCUT2D eigenvalue weighted by atomic mass is 9.97. The first-order valence-corrected chi connectivity index (χ1v) is 9.11. The summed E-state index contributed by atoms with van der Waals surface area (Å²) in [7, 11) is 0. The number of H-pyrrole nitrogens is 1. The standard InChI is InChI=1S/C19H18N8/c1-11-4-12(5-13-8-23-14(7-20)9-22-13)6-15(11)19-26-25-17-10-24-18-16(27(17)19)2-3-21-18/h2-3,8-12,15,21H,4-6H2,1H3/t11-,12-,15+/m1/s1. The van der Waals surface area contributed by atoms with Gasteiger partial charge in [-0.3, -0.25) is 9.38 Å². The highest BCUT2D eigenvalue weighted by Gasteiger charge is 2.35. The fraction of sp³-hybridized carbons (Fsp3) is 0.368. The number of rotatable bonds is 3. The maximum absolute atomic E-state index is 8.86. The van der Waals surface area contributed by atoms with E-state index in [0.717, 1.165) is 47.6 Å². The number of aromatic amines is 1. The van der Waals surface area contributed by atoms with Crippen LogP contribution in [0.5, 0.6) is 0 Å². The number of fused-ring (bicyclic) bond motifs is 3. The van der Waals surface area contributed by atoms with E-state index in [1.54, 1.807) is 18.6 Å². The van der Waals surface area contributed by atoms with Crippen molar-refractivity contribution in [2.24, 2.45) is 11.8 Å². The third-order valence-electron chi connectivity index (χ3n) is 5.60. The summed E-state index contributed by atoms with van der Waals surface area (Å²) >= 11 is 0. The van der Waals surface area contributed by atoms with Gasteiger partial charge < -0.3 is 4.98 Å². The van der Waals surface area contributed by atoms with Gasteiger partial charge in [0, 0.05) is 18.3 Å². The smallest absolute Gasteiger partial charge is 0.179 e. The number of aromatic nitrogens is 7. The number of nitrogens with zero attached hydrogens (tertiary/aromatic N) is 7. The van der Waals surface area contributed by atoms with E-state index in [4.69, 9.17) is 5.26 Å². The minimum Gasteiger partial charge on any atom is -0.345 e. The molecule has 4 aromatic rings. The lowest BCUT2D eigenvalue weighted by Crippen LogP contribution is -2.08. The van der Waals surface area contributed by atoms with Gasteiger partial charge in [-0.1, -0.05) is 6.92 Å². The Morgan fingerprint density at radius 2 is 2.11 bits per heavy atom. The average Bonchev–Trinajstić information content (AvgIpc) is 3.39. The van der Waals surface area contributed by atoms with E-state index in [2.05, 4.69) is 41.5 Å². The average molecular weight is 358 g/mol. The van der Waals surface area contributed by atoms with E-state index in [0.29, 0.717) is 23.4 Å². The van der Waals surface area contributed by atoms with Crippen LogP contribution in [0.4, 0.5) is 0 Å². The Balaban J connectivity index is 1.43. The van der Waals surface area contributed by atoms with Crippen molar-refractivity contribution < 1.29 is 0 Å². The largest absolute Gasteiger partial charge is 0.345 e. The molecule has 0 amide bonds. The third-order valence-corrected chi connectivity index (χ3v) is 5.60. The first-order chi connectivity index (χ1) is 13.2. The summed E-state index contributed by atoms with van der Waals surface area (Å²) in [4.78, 5) is 16.1. The number of nitriles is 1. The van der Waals surface area contributed by atoms with Crippen LogP contribution in [0.15, 0.2) is 30.9 Å². The van der Waals surface area contributed by atoms with Crippen molar-refractivity contribution in [2.75, 3.05) is 0 Å². The van der Waals surface area contributed by atoms with Crippen LogP contribution in [0.1, 0.15) is 42.9 Å². The lowest BCUT2D eigenvalue weighted by Gasteiger charge is -2.13. The van der Waals surface area contributed by atoms with Gasteiger partial charge in [0.1, 0.15) is 11.9 Å². The van der Waals surface area contributed by atoms with Gasteiger partial charge in [-0.05, 0) is 37.2 Å². The number of hydrogen-bond acceptors (Lipinski definition) is 6. The van der Waals surface area contributed by atoms with Crippen LogP contribution in [-0.2, 0) is 6.42 Å². The minimum atomic E-state index is 0.344. The first-order valence-electron chi connectivity index (χ1n) is 9.11. The zero-order valence-corrected chi connectivity index (χ0v) is 14.9. The minimum absolute atomic E-state index is 0.344. The van der Waals surface area contributed by atoms with E-state index >= 15 is 0 Å². The van der Waals surface area contributed by atoms with E-state index < -0.39 is 0 Å². The maximum Gasteiger partial charge on any atom is 0.179 e. The quantitative estimate of drug-likeness (QED) is 0.603. The molecule has 0 saturated heterocycles. The molecule has 0 bridgehead atoms. The van der Waals surface area contributed by atoms with E-state index in [1.165, 1.54) is 0 Å². The summed E-state index contributed by atoms with van der Waals surface area (Å²) < 4.78 is 2.13. The van der Waals surface area contributed by atoms with Crippen molar-refractivity contribution in [1.29, 1.82) is 5.26 Å². The van der Waals surface area contributed by atoms with Crippen molar-refractivity contribution in [1.82, 2.24) is 34.5 Å². The van der Waals surface area contributed by atoms with Gasteiger partial charge >= 0.3 is 0 Å². The SMILES string of the molecule is C[C@@H]1C[C@H](Cc2cnc(C#N)cn2)C[C@@H]1c1nnc2cnc3[nH]ccc3n12. The Morgan fingerprint density at radius 3 is 2.93 bits per heavy atom. The Labute approximate surface area is 155 Å². The Kier molecular flexibility index (Phi) is 3.60. The van der Waals surface area contributed by atoms with Crippen LogP contribution in [0.3, 0.4) is 0 Å². The molecule has 1 N–H and O–H groups in total. The maximum atomic E-state index is 8.86. The van der Waals surface area contributed by atoms with Gasteiger partial charge in [-0.25, -0.2) is 9.97 Å². The molecule has 1 saturated carbocycles. The summed E-state index contributed by atoms with van der Waals surface area (Å²) in [5.41, 5.74) is 3.94. The summed E-state index contributed by atoms with van der Waals surface area (Å²) in [5.74, 6) is 2.38. The number of nitrogens with one attached hydrogen (secondary N) is 1. The van der Waals surface area contributed by atoms with Crippen LogP contribution in [-0.4, -0.2) is 34.5 Å². The second kappa shape index (κ2) is 6.13. The molecule has 0 aliphatic heterocycles. The molecular weight excluding hydrogens is 340 g/mol. The molecule has 0 aromatic carbocycles. The van der Waals surface area contributed by atoms with Crippen molar-refractivity contribution in [2.45, 2.75) is 32.1 Å². The van der Waals surface area contributed by atoms with Crippen molar-refractivity contribution >= 4 is 16.8 Å². The molecule has 0 unspecified atom stereocenters. The van der Waals surface area contributed by atoms with Gasteiger partial charge in [-0.2, -0.15) is 5.26 Å². The van der Waals surface area contributed by atoms with Gasteiger partial charge in [-0.15, -0.1) is 10.2 Å². The predicted octanol–water partition coefficient (Wildman–Crippen LogP) is 2.64. The van der Waals surface area contributed by atoms with Gasteiger partial charge in [0.05, 0.1) is 23.6 Å². The van der Waals surface area contributed by atoms with Gasteiger partial charge in [0.15, 0.2) is 17.0 Å². The summed E-state index contributed by atoms with van der Waals surface area (Å²) in [6.45, 7) is 2.28. The number of hydrogen-bond donors (Lipinski definition) is 1. The Morgan fingerprint density at radius 1 is 1.19 bits per heavy atom. The van der Waals surface area contributed by atoms with E-state index in [-0.39, 0.29) is 0 Å². The normalized spacial score (nSPS) is 22.4. The highest BCUT2D eigenvalue weighted by atomic mass is 15.3. The fourth-order valence-electron chi connectivity index (χ4n) is 4.36. The molecule has 5 rings (SSSR count). The van der Waals surface area contributed by atoms with Crippen molar-refractivity contribution in [3.63, 3.8) is 0 Å². The van der Waals surface area contributed by atoms with Crippen LogP contribution in [0, 0.1) is 23.2 Å². The predicted molar refractivity (Wildman–Crippen MR) is 97.7 cm³/mol. The van der Waals surface area contributed by atoms with Crippen LogP contribution >= 0.6 is 0 Å². The zero-order valence-electron chi connectivity index (χ0n) is 14.9. The molecule has 8 heteroatoms. The van der Waals surface area contributed by atoms with Crippen LogP contribution in [0.2, 0.25) is 0 Å². The van der Waals surface area contributed by atoms with Gasteiger partial charge in [0.25, 0.3) is 0 Å². The van der Waals surface area contributed by atoms with Crippen molar-refractivity contribution in [3.05, 3.63) is 48.1 Å². The molecule has 134 valence electrons. The van der Waals surface area contributed by atoms with Crippen LogP contribution in [0.25, 0.3) is 16.8 Å². The topological polar surface area (TPSA) is 108 Å². The zero-order chi connectivity index (χ0) is 18.4. The molecule has 1 aliphatic rings. The van der Waals surface area contributed by atoms with E-state index in [9.17, 15) is 0 Å². The molecule has 0 radical (unpaired) electrons.